The van der Waals surface area contributed by atoms with Crippen molar-refractivity contribution in [3.63, 3.8) is 0 Å². The van der Waals surface area contributed by atoms with Crippen molar-refractivity contribution < 1.29 is 14.3 Å². The van der Waals surface area contributed by atoms with E-state index >= 15 is 0 Å². The molecule has 2 fully saturated rings. The number of carbonyl (C=O) groups excluding carboxylic acids is 2. The average molecular weight is 400 g/mol. The van der Waals surface area contributed by atoms with E-state index in [1.165, 1.54) is 12.8 Å². The molecule has 0 bridgehead atoms. The van der Waals surface area contributed by atoms with Crippen LogP contribution in [-0.2, 0) is 11.3 Å². The van der Waals surface area contributed by atoms with Gasteiger partial charge in [-0.3, -0.25) is 4.79 Å². The molecule has 9 nitrogen and oxygen atoms in total. The largest absolute Gasteiger partial charge is 0.376 e. The highest BCUT2D eigenvalue weighted by Gasteiger charge is 2.19. The lowest BCUT2D eigenvalue weighted by atomic mass is 10.1. The molecule has 3 N–H and O–H groups in total. The molecule has 0 spiro atoms. The van der Waals surface area contributed by atoms with Gasteiger partial charge in [0.25, 0.3) is 5.91 Å². The second-order valence-electron chi connectivity index (χ2n) is 7.74. The summed E-state index contributed by atoms with van der Waals surface area (Å²) in [5, 5.41) is 17.1. The van der Waals surface area contributed by atoms with Crippen LogP contribution >= 0.6 is 0 Å². The minimum Gasteiger partial charge on any atom is -0.376 e. The number of benzene rings is 1. The van der Waals surface area contributed by atoms with Gasteiger partial charge in [-0.2, -0.15) is 0 Å². The van der Waals surface area contributed by atoms with Crippen LogP contribution in [0.1, 0.15) is 48.9 Å². The lowest BCUT2D eigenvalue weighted by molar-refractivity contribution is 0.0938. The predicted octanol–water partition coefficient (Wildman–Crippen LogP) is 1.58. The van der Waals surface area contributed by atoms with Crippen LogP contribution in [0.15, 0.2) is 18.2 Å². The van der Waals surface area contributed by atoms with E-state index in [1.54, 1.807) is 16.8 Å². The Morgan fingerprint density at radius 3 is 2.79 bits per heavy atom. The molecule has 3 amide bonds. The van der Waals surface area contributed by atoms with Crippen LogP contribution in [-0.4, -0.2) is 58.8 Å². The fraction of sp³-hybridized carbons (Fsp3) is 0.600. The highest BCUT2D eigenvalue weighted by molar-refractivity contribution is 5.97. The second kappa shape index (κ2) is 9.21. The molecule has 0 unspecified atom stereocenters. The summed E-state index contributed by atoms with van der Waals surface area (Å²) in [7, 11) is 0. The lowest BCUT2D eigenvalue weighted by Gasteiger charge is -2.12. The number of urea groups is 1. The van der Waals surface area contributed by atoms with Crippen LogP contribution in [0.5, 0.6) is 0 Å². The van der Waals surface area contributed by atoms with Gasteiger partial charge in [0.05, 0.1) is 18.2 Å². The molecule has 1 saturated carbocycles. The summed E-state index contributed by atoms with van der Waals surface area (Å²) >= 11 is 0. The molecule has 2 aromatic rings. The summed E-state index contributed by atoms with van der Waals surface area (Å²) in [4.78, 5) is 24.3. The predicted molar refractivity (Wildman–Crippen MR) is 108 cm³/mol. The van der Waals surface area contributed by atoms with Gasteiger partial charge in [0.1, 0.15) is 5.52 Å². The number of carbonyl (C=O) groups is 2. The first-order valence-electron chi connectivity index (χ1n) is 10.5. The summed E-state index contributed by atoms with van der Waals surface area (Å²) in [6, 6.07) is 5.50. The quantitative estimate of drug-likeness (QED) is 0.654. The number of nitrogens with one attached hydrogen (secondary N) is 3. The maximum Gasteiger partial charge on any atom is 0.314 e. The van der Waals surface area contributed by atoms with Crippen molar-refractivity contribution in [3.8, 4) is 0 Å². The van der Waals surface area contributed by atoms with Crippen LogP contribution in [0.25, 0.3) is 11.0 Å². The van der Waals surface area contributed by atoms with Gasteiger partial charge < -0.3 is 20.7 Å². The smallest absolute Gasteiger partial charge is 0.314 e. The van der Waals surface area contributed by atoms with Gasteiger partial charge >= 0.3 is 6.03 Å². The van der Waals surface area contributed by atoms with Crippen molar-refractivity contribution in [2.24, 2.45) is 0 Å². The molecule has 1 aliphatic heterocycles. The Morgan fingerprint density at radius 1 is 1.14 bits per heavy atom. The van der Waals surface area contributed by atoms with E-state index in [0.29, 0.717) is 30.7 Å². The number of fused-ring (bicyclic) bond motifs is 1. The summed E-state index contributed by atoms with van der Waals surface area (Å²) in [5.74, 6) is -0.0575. The highest BCUT2D eigenvalue weighted by atomic mass is 16.5. The molecule has 156 valence electrons. The zero-order valence-corrected chi connectivity index (χ0v) is 16.5. The van der Waals surface area contributed by atoms with Crippen LogP contribution in [0, 0.1) is 0 Å². The molecule has 1 saturated heterocycles. The molecule has 1 aliphatic carbocycles. The van der Waals surface area contributed by atoms with Crippen molar-refractivity contribution in [1.29, 1.82) is 0 Å². The normalized spacial score (nSPS) is 19.5. The Hall–Kier alpha value is -2.68. The number of hydrogen-bond donors (Lipinski definition) is 3. The van der Waals surface area contributed by atoms with Gasteiger partial charge in [0.2, 0.25) is 0 Å². The van der Waals surface area contributed by atoms with Gasteiger partial charge in [-0.25, -0.2) is 9.48 Å². The first kappa shape index (κ1) is 19.6. The molecule has 1 aromatic heterocycles. The third kappa shape index (κ3) is 5.03. The van der Waals surface area contributed by atoms with E-state index in [1.807, 2.05) is 6.07 Å². The van der Waals surface area contributed by atoms with E-state index in [2.05, 4.69) is 26.3 Å². The fourth-order valence-corrected chi connectivity index (χ4v) is 3.97. The SMILES string of the molecule is O=C(NCCn1nnc2cc(C(=O)NC3CCCC3)ccc21)NC[C@H]1CCCO1. The topological polar surface area (TPSA) is 110 Å². The van der Waals surface area contributed by atoms with Crippen LogP contribution in [0.3, 0.4) is 0 Å². The molecule has 29 heavy (non-hydrogen) atoms. The number of ether oxygens (including phenoxy) is 1. The minimum absolute atomic E-state index is 0.0575. The number of hydrogen-bond acceptors (Lipinski definition) is 5. The van der Waals surface area contributed by atoms with Gasteiger partial charge in [0, 0.05) is 31.3 Å². The fourth-order valence-electron chi connectivity index (χ4n) is 3.97. The summed E-state index contributed by atoms with van der Waals surface area (Å²) in [6.07, 6.45) is 6.64. The van der Waals surface area contributed by atoms with E-state index < -0.39 is 0 Å². The van der Waals surface area contributed by atoms with E-state index in [9.17, 15) is 9.59 Å². The number of amides is 3. The summed E-state index contributed by atoms with van der Waals surface area (Å²) in [5.41, 5.74) is 2.11. The van der Waals surface area contributed by atoms with Gasteiger partial charge in [0.15, 0.2) is 0 Å². The molecular formula is C20H28N6O3. The monoisotopic (exact) mass is 400 g/mol. The maximum absolute atomic E-state index is 12.4. The number of nitrogens with zero attached hydrogens (tertiary/aromatic N) is 3. The molecule has 4 rings (SSSR count). The average Bonchev–Trinajstić information content (AvgIpc) is 3.48. The second-order valence-corrected chi connectivity index (χ2v) is 7.74. The van der Waals surface area contributed by atoms with Gasteiger partial charge in [-0.05, 0) is 43.9 Å². The Balaban J connectivity index is 1.27. The highest BCUT2D eigenvalue weighted by Crippen LogP contribution is 2.19. The molecule has 1 aromatic carbocycles. The van der Waals surface area contributed by atoms with Gasteiger partial charge in [-0.15, -0.1) is 5.10 Å². The third-order valence-corrected chi connectivity index (χ3v) is 5.59. The Kier molecular flexibility index (Phi) is 6.24. The molecule has 2 aliphatic rings. The lowest BCUT2D eigenvalue weighted by Crippen LogP contribution is -2.40. The standard InChI is InChI=1S/C20H28N6O3/c27-19(23-15-4-1-2-5-15)14-7-8-18-17(12-14)24-25-26(18)10-9-21-20(28)22-13-16-6-3-11-29-16/h7-8,12,15-16H,1-6,9-11,13H2,(H,23,27)(H2,21,22,28)/t16-/m1/s1. The summed E-state index contributed by atoms with van der Waals surface area (Å²) in [6.45, 7) is 2.23. The van der Waals surface area contributed by atoms with Crippen LogP contribution in [0.2, 0.25) is 0 Å². The third-order valence-electron chi connectivity index (χ3n) is 5.59. The van der Waals surface area contributed by atoms with E-state index in [-0.39, 0.29) is 24.1 Å². The number of rotatable bonds is 7. The molecular weight excluding hydrogens is 372 g/mol. The molecule has 1 atom stereocenters. The van der Waals surface area contributed by atoms with Crippen molar-refractivity contribution in [2.75, 3.05) is 19.7 Å². The van der Waals surface area contributed by atoms with Crippen molar-refractivity contribution in [2.45, 2.75) is 57.2 Å². The van der Waals surface area contributed by atoms with E-state index in [4.69, 9.17) is 4.74 Å². The molecule has 2 heterocycles. The summed E-state index contributed by atoms with van der Waals surface area (Å²) < 4.78 is 7.22. The van der Waals surface area contributed by atoms with Crippen LogP contribution < -0.4 is 16.0 Å². The number of aromatic nitrogens is 3. The van der Waals surface area contributed by atoms with Crippen molar-refractivity contribution >= 4 is 23.0 Å². The first-order chi connectivity index (χ1) is 14.2. The van der Waals surface area contributed by atoms with Crippen molar-refractivity contribution in [1.82, 2.24) is 30.9 Å². The minimum atomic E-state index is -0.212. The molecule has 9 heteroatoms. The first-order valence-corrected chi connectivity index (χ1v) is 10.5. The Bertz CT molecular complexity index is 855. The zero-order chi connectivity index (χ0) is 20.1. The zero-order valence-electron chi connectivity index (χ0n) is 16.5. The van der Waals surface area contributed by atoms with E-state index in [0.717, 1.165) is 37.8 Å². The Labute approximate surface area is 169 Å². The maximum atomic E-state index is 12.4. The van der Waals surface area contributed by atoms with Crippen LogP contribution in [0.4, 0.5) is 4.79 Å². The van der Waals surface area contributed by atoms with Crippen molar-refractivity contribution in [3.05, 3.63) is 23.8 Å². The van der Waals surface area contributed by atoms with Gasteiger partial charge in [-0.1, -0.05) is 18.1 Å². The molecule has 0 radical (unpaired) electrons. The Morgan fingerprint density at radius 2 is 2.00 bits per heavy atom.